The third kappa shape index (κ3) is 6.14. The van der Waals surface area contributed by atoms with E-state index in [1.807, 2.05) is 6.07 Å². The summed E-state index contributed by atoms with van der Waals surface area (Å²) in [6, 6.07) is 7.20. The molecule has 0 radical (unpaired) electrons. The lowest BCUT2D eigenvalue weighted by Crippen LogP contribution is -2.36. The number of amides is 1. The molecule has 1 aliphatic rings. The lowest BCUT2D eigenvalue weighted by atomic mass is 10.1. The minimum absolute atomic E-state index is 0.130. The predicted molar refractivity (Wildman–Crippen MR) is 87.2 cm³/mol. The smallest absolute Gasteiger partial charge is 0.221 e. The first-order valence-corrected chi connectivity index (χ1v) is 8.49. The quantitative estimate of drug-likeness (QED) is 0.600. The van der Waals surface area contributed by atoms with Crippen LogP contribution in [-0.2, 0) is 11.2 Å². The summed E-state index contributed by atoms with van der Waals surface area (Å²) in [5, 5.41) is 6.35. The van der Waals surface area contributed by atoms with E-state index in [2.05, 4.69) is 10.6 Å². The van der Waals surface area contributed by atoms with Crippen LogP contribution in [-0.4, -0.2) is 25.0 Å². The average molecular weight is 306 g/mol. The van der Waals surface area contributed by atoms with Crippen molar-refractivity contribution in [2.24, 2.45) is 0 Å². The Balaban J connectivity index is 1.56. The van der Waals surface area contributed by atoms with Crippen molar-refractivity contribution in [3.05, 3.63) is 35.6 Å². The number of rotatable bonds is 7. The van der Waals surface area contributed by atoms with Crippen LogP contribution in [0.4, 0.5) is 4.39 Å². The van der Waals surface area contributed by atoms with Gasteiger partial charge in [-0.3, -0.25) is 4.79 Å². The second-order valence-electron chi connectivity index (χ2n) is 6.10. The summed E-state index contributed by atoms with van der Waals surface area (Å²) in [6.07, 6.45) is 8.43. The molecule has 0 aliphatic heterocycles. The molecule has 2 rings (SSSR count). The second kappa shape index (κ2) is 9.57. The van der Waals surface area contributed by atoms with Crippen molar-refractivity contribution in [1.29, 1.82) is 0 Å². The second-order valence-corrected chi connectivity index (χ2v) is 6.10. The topological polar surface area (TPSA) is 41.1 Å². The Hall–Kier alpha value is -1.42. The van der Waals surface area contributed by atoms with Gasteiger partial charge in [-0.25, -0.2) is 4.39 Å². The van der Waals surface area contributed by atoms with Crippen molar-refractivity contribution in [3.63, 3.8) is 0 Å². The summed E-state index contributed by atoms with van der Waals surface area (Å²) >= 11 is 0. The molecule has 0 heterocycles. The van der Waals surface area contributed by atoms with Crippen LogP contribution in [0.1, 0.15) is 50.5 Å². The molecule has 4 heteroatoms. The first-order chi connectivity index (χ1) is 10.8. The number of carbonyl (C=O) groups is 1. The fourth-order valence-electron chi connectivity index (χ4n) is 2.97. The Morgan fingerprint density at radius 1 is 1.09 bits per heavy atom. The number of nitrogens with one attached hydrogen (secondary N) is 2. The highest BCUT2D eigenvalue weighted by atomic mass is 19.1. The maximum absolute atomic E-state index is 13.4. The van der Waals surface area contributed by atoms with Gasteiger partial charge in [0.15, 0.2) is 0 Å². The van der Waals surface area contributed by atoms with E-state index in [4.69, 9.17) is 0 Å². The fourth-order valence-corrected chi connectivity index (χ4v) is 2.97. The molecule has 1 aliphatic carbocycles. The number of carbonyl (C=O) groups excluding carboxylic acids is 1. The minimum atomic E-state index is -0.157. The molecule has 2 N–H and O–H groups in total. The Bertz CT molecular complexity index is 456. The zero-order valence-corrected chi connectivity index (χ0v) is 13.2. The molecule has 1 fully saturated rings. The average Bonchev–Trinajstić information content (AvgIpc) is 2.77. The molecular formula is C18H27FN2O. The van der Waals surface area contributed by atoms with Gasteiger partial charge in [0.1, 0.15) is 5.82 Å². The fraction of sp³-hybridized carbons (Fsp3) is 0.611. The van der Waals surface area contributed by atoms with Crippen molar-refractivity contribution < 1.29 is 9.18 Å². The predicted octanol–water partition coefficient (Wildman–Crippen LogP) is 3.19. The van der Waals surface area contributed by atoms with E-state index in [1.165, 1.54) is 31.7 Å². The SMILES string of the molecule is O=C(CCNCCc1ccccc1F)NC1CCCCCC1. The van der Waals surface area contributed by atoms with Gasteiger partial charge in [0, 0.05) is 19.0 Å². The van der Waals surface area contributed by atoms with Crippen LogP contribution in [0, 0.1) is 5.82 Å². The van der Waals surface area contributed by atoms with Gasteiger partial charge in [-0.05, 0) is 37.4 Å². The maximum Gasteiger partial charge on any atom is 0.221 e. The van der Waals surface area contributed by atoms with Crippen LogP contribution in [0.15, 0.2) is 24.3 Å². The molecule has 0 atom stereocenters. The van der Waals surface area contributed by atoms with Gasteiger partial charge in [-0.15, -0.1) is 0 Å². The zero-order chi connectivity index (χ0) is 15.6. The first-order valence-electron chi connectivity index (χ1n) is 8.49. The monoisotopic (exact) mass is 306 g/mol. The molecule has 22 heavy (non-hydrogen) atoms. The van der Waals surface area contributed by atoms with Crippen LogP contribution in [0.25, 0.3) is 0 Å². The molecule has 3 nitrogen and oxygen atoms in total. The van der Waals surface area contributed by atoms with Crippen LogP contribution < -0.4 is 10.6 Å². The summed E-state index contributed by atoms with van der Waals surface area (Å²) < 4.78 is 13.4. The third-order valence-corrected chi connectivity index (χ3v) is 4.28. The zero-order valence-electron chi connectivity index (χ0n) is 13.2. The molecule has 1 aromatic carbocycles. The third-order valence-electron chi connectivity index (χ3n) is 4.28. The summed E-state index contributed by atoms with van der Waals surface area (Å²) in [7, 11) is 0. The molecule has 0 saturated heterocycles. The van der Waals surface area contributed by atoms with Gasteiger partial charge in [0.05, 0.1) is 0 Å². The summed E-state index contributed by atoms with van der Waals surface area (Å²) in [5.74, 6) is -0.0271. The van der Waals surface area contributed by atoms with E-state index in [-0.39, 0.29) is 11.7 Å². The molecule has 0 aromatic heterocycles. The summed E-state index contributed by atoms with van der Waals surface area (Å²) in [5.41, 5.74) is 0.720. The van der Waals surface area contributed by atoms with E-state index in [0.29, 0.717) is 32.0 Å². The van der Waals surface area contributed by atoms with Crippen LogP contribution in [0.3, 0.4) is 0 Å². The molecule has 1 aromatic rings. The van der Waals surface area contributed by atoms with E-state index in [1.54, 1.807) is 12.1 Å². The number of benzene rings is 1. The van der Waals surface area contributed by atoms with Crippen molar-refractivity contribution in [2.45, 2.75) is 57.4 Å². The molecule has 1 saturated carbocycles. The molecular weight excluding hydrogens is 279 g/mol. The molecule has 0 bridgehead atoms. The summed E-state index contributed by atoms with van der Waals surface area (Å²) in [4.78, 5) is 11.9. The lowest BCUT2D eigenvalue weighted by Gasteiger charge is -2.16. The van der Waals surface area contributed by atoms with Crippen LogP contribution >= 0.6 is 0 Å². The van der Waals surface area contributed by atoms with Gasteiger partial charge >= 0.3 is 0 Å². The van der Waals surface area contributed by atoms with Crippen molar-refractivity contribution in [3.8, 4) is 0 Å². The van der Waals surface area contributed by atoms with Gasteiger partial charge in [0.25, 0.3) is 0 Å². The summed E-state index contributed by atoms with van der Waals surface area (Å²) in [6.45, 7) is 1.34. The van der Waals surface area contributed by atoms with Crippen molar-refractivity contribution >= 4 is 5.91 Å². The maximum atomic E-state index is 13.4. The standard InChI is InChI=1S/C18H27FN2O/c19-17-10-6-5-7-15(17)11-13-20-14-12-18(22)21-16-8-3-1-2-4-9-16/h5-7,10,16,20H,1-4,8-9,11-14H2,(H,21,22). The normalized spacial score (nSPS) is 16.2. The van der Waals surface area contributed by atoms with E-state index in [0.717, 1.165) is 18.4 Å². The lowest BCUT2D eigenvalue weighted by molar-refractivity contribution is -0.121. The van der Waals surface area contributed by atoms with Gasteiger partial charge in [0.2, 0.25) is 5.91 Å². The highest BCUT2D eigenvalue weighted by Crippen LogP contribution is 2.17. The minimum Gasteiger partial charge on any atom is -0.353 e. The van der Waals surface area contributed by atoms with E-state index in [9.17, 15) is 9.18 Å². The molecule has 1 amide bonds. The van der Waals surface area contributed by atoms with Crippen LogP contribution in [0.5, 0.6) is 0 Å². The van der Waals surface area contributed by atoms with Gasteiger partial charge < -0.3 is 10.6 Å². The highest BCUT2D eigenvalue weighted by Gasteiger charge is 2.14. The first kappa shape index (κ1) is 16.9. The Labute approximate surface area is 132 Å². The van der Waals surface area contributed by atoms with Crippen molar-refractivity contribution in [1.82, 2.24) is 10.6 Å². The Kier molecular flexibility index (Phi) is 7.37. The van der Waals surface area contributed by atoms with Gasteiger partial charge in [-0.1, -0.05) is 43.9 Å². The highest BCUT2D eigenvalue weighted by molar-refractivity contribution is 5.76. The van der Waals surface area contributed by atoms with Crippen molar-refractivity contribution in [2.75, 3.05) is 13.1 Å². The van der Waals surface area contributed by atoms with E-state index < -0.39 is 0 Å². The number of hydrogen-bond acceptors (Lipinski definition) is 2. The largest absolute Gasteiger partial charge is 0.353 e. The Morgan fingerprint density at radius 2 is 1.82 bits per heavy atom. The van der Waals surface area contributed by atoms with E-state index >= 15 is 0 Å². The van der Waals surface area contributed by atoms with Crippen LogP contribution in [0.2, 0.25) is 0 Å². The molecule has 0 spiro atoms. The number of hydrogen-bond donors (Lipinski definition) is 2. The van der Waals surface area contributed by atoms with Gasteiger partial charge in [-0.2, -0.15) is 0 Å². The Morgan fingerprint density at radius 3 is 2.55 bits per heavy atom. The molecule has 0 unspecified atom stereocenters. The molecule has 122 valence electrons. The number of halogens is 1.